The predicted molar refractivity (Wildman–Crippen MR) is 81.9 cm³/mol. The van der Waals surface area contributed by atoms with Crippen LogP contribution in [-0.2, 0) is 4.79 Å². The molecule has 0 spiro atoms. The zero-order chi connectivity index (χ0) is 15.3. The highest BCUT2D eigenvalue weighted by Gasteiger charge is 2.22. The molecule has 5 nitrogen and oxygen atoms in total. The van der Waals surface area contributed by atoms with Crippen LogP contribution in [0, 0.1) is 18.8 Å². The third-order valence-corrected chi connectivity index (χ3v) is 3.67. The lowest BCUT2D eigenvalue weighted by Gasteiger charge is -2.17. The van der Waals surface area contributed by atoms with Crippen molar-refractivity contribution in [3.05, 3.63) is 28.2 Å². The van der Waals surface area contributed by atoms with Crippen LogP contribution < -0.4 is 10.6 Å². The molecule has 0 aromatic heterocycles. The number of aliphatic carboxylic acids is 1. The van der Waals surface area contributed by atoms with Gasteiger partial charge in [-0.1, -0.05) is 19.9 Å². The van der Waals surface area contributed by atoms with E-state index in [0.29, 0.717) is 5.69 Å². The number of amides is 2. The monoisotopic (exact) mass is 342 g/mol. The molecule has 1 aromatic rings. The van der Waals surface area contributed by atoms with Crippen LogP contribution in [0.5, 0.6) is 0 Å². The number of urea groups is 1. The van der Waals surface area contributed by atoms with Gasteiger partial charge in [0.15, 0.2) is 0 Å². The first-order valence-electron chi connectivity index (χ1n) is 6.35. The topological polar surface area (TPSA) is 78.4 Å². The van der Waals surface area contributed by atoms with Gasteiger partial charge in [-0.2, -0.15) is 0 Å². The van der Waals surface area contributed by atoms with Crippen molar-refractivity contribution in [3.63, 3.8) is 0 Å². The Bertz CT molecular complexity index is 503. The number of aryl methyl sites for hydroxylation is 1. The lowest BCUT2D eigenvalue weighted by molar-refractivity contribution is -0.142. The number of anilines is 1. The summed E-state index contributed by atoms with van der Waals surface area (Å²) >= 11 is 3.35. The van der Waals surface area contributed by atoms with Crippen molar-refractivity contribution in [1.82, 2.24) is 5.32 Å². The first kappa shape index (κ1) is 16.5. The maximum Gasteiger partial charge on any atom is 0.319 e. The highest BCUT2D eigenvalue weighted by atomic mass is 79.9. The van der Waals surface area contributed by atoms with Crippen LogP contribution in [0.1, 0.15) is 19.4 Å². The van der Waals surface area contributed by atoms with E-state index in [9.17, 15) is 9.59 Å². The van der Waals surface area contributed by atoms with Gasteiger partial charge in [0.2, 0.25) is 0 Å². The van der Waals surface area contributed by atoms with Crippen LogP contribution in [0.15, 0.2) is 22.7 Å². The van der Waals surface area contributed by atoms with Gasteiger partial charge in [0.25, 0.3) is 0 Å². The second kappa shape index (κ2) is 7.28. The standard InChI is InChI=1S/C14H19BrN2O3/c1-8(2)10(13(18)19)7-16-14(20)17-12-6-9(3)4-5-11(12)15/h4-6,8,10H,7H2,1-3H3,(H,18,19)(H2,16,17,20). The summed E-state index contributed by atoms with van der Waals surface area (Å²) in [4.78, 5) is 22.8. The molecule has 0 aliphatic carbocycles. The van der Waals surface area contributed by atoms with Crippen molar-refractivity contribution in [2.24, 2.45) is 11.8 Å². The highest BCUT2D eigenvalue weighted by Crippen LogP contribution is 2.23. The summed E-state index contributed by atoms with van der Waals surface area (Å²) in [5, 5.41) is 14.3. The molecule has 2 amide bonds. The summed E-state index contributed by atoms with van der Waals surface area (Å²) < 4.78 is 0.775. The maximum absolute atomic E-state index is 11.8. The first-order valence-corrected chi connectivity index (χ1v) is 7.14. The van der Waals surface area contributed by atoms with Crippen LogP contribution in [0.3, 0.4) is 0 Å². The Balaban J connectivity index is 2.60. The van der Waals surface area contributed by atoms with Crippen LogP contribution in [0.2, 0.25) is 0 Å². The highest BCUT2D eigenvalue weighted by molar-refractivity contribution is 9.10. The number of benzene rings is 1. The van der Waals surface area contributed by atoms with Gasteiger partial charge in [0.05, 0.1) is 11.6 Å². The SMILES string of the molecule is Cc1ccc(Br)c(NC(=O)NCC(C(=O)O)C(C)C)c1. The third-order valence-electron chi connectivity index (χ3n) is 2.97. The molecule has 0 bridgehead atoms. The molecule has 0 radical (unpaired) electrons. The normalized spacial score (nSPS) is 12.1. The molecule has 1 atom stereocenters. The Morgan fingerprint density at radius 2 is 2.00 bits per heavy atom. The van der Waals surface area contributed by atoms with Crippen molar-refractivity contribution in [2.45, 2.75) is 20.8 Å². The summed E-state index contributed by atoms with van der Waals surface area (Å²) in [5.74, 6) is -1.54. The number of carboxylic acids is 1. The molecular formula is C14H19BrN2O3. The second-order valence-electron chi connectivity index (χ2n) is 5.01. The van der Waals surface area contributed by atoms with Gasteiger partial charge >= 0.3 is 12.0 Å². The van der Waals surface area contributed by atoms with Crippen molar-refractivity contribution < 1.29 is 14.7 Å². The minimum Gasteiger partial charge on any atom is -0.481 e. The predicted octanol–water partition coefficient (Wildman–Crippen LogP) is 3.24. The molecule has 110 valence electrons. The van der Waals surface area contributed by atoms with Crippen molar-refractivity contribution in [2.75, 3.05) is 11.9 Å². The molecule has 6 heteroatoms. The smallest absolute Gasteiger partial charge is 0.319 e. The van der Waals surface area contributed by atoms with Crippen LogP contribution in [-0.4, -0.2) is 23.7 Å². The molecule has 1 rings (SSSR count). The zero-order valence-electron chi connectivity index (χ0n) is 11.7. The third kappa shape index (κ3) is 4.85. The lowest BCUT2D eigenvalue weighted by Crippen LogP contribution is -2.37. The number of hydrogen-bond acceptors (Lipinski definition) is 2. The van der Waals surface area contributed by atoms with Gasteiger partial charge in [-0.3, -0.25) is 4.79 Å². The average Bonchev–Trinajstić information content (AvgIpc) is 2.33. The Morgan fingerprint density at radius 1 is 1.35 bits per heavy atom. The van der Waals surface area contributed by atoms with Gasteiger partial charge in [0, 0.05) is 11.0 Å². The zero-order valence-corrected chi connectivity index (χ0v) is 13.3. The number of carbonyl (C=O) groups is 2. The second-order valence-corrected chi connectivity index (χ2v) is 5.86. The fourth-order valence-electron chi connectivity index (χ4n) is 1.71. The molecule has 3 N–H and O–H groups in total. The minimum absolute atomic E-state index is 0.0431. The van der Waals surface area contributed by atoms with Crippen LogP contribution in [0.25, 0.3) is 0 Å². The van der Waals surface area contributed by atoms with E-state index in [1.165, 1.54) is 0 Å². The molecule has 0 saturated heterocycles. The fourth-order valence-corrected chi connectivity index (χ4v) is 2.06. The number of rotatable bonds is 5. The Labute approximate surface area is 126 Å². The molecule has 1 aromatic carbocycles. The summed E-state index contributed by atoms with van der Waals surface area (Å²) in [6.07, 6.45) is 0. The number of halogens is 1. The van der Waals surface area contributed by atoms with Gasteiger partial charge in [-0.15, -0.1) is 0 Å². The van der Waals surface area contributed by atoms with Crippen molar-refractivity contribution >= 4 is 33.6 Å². The van der Waals surface area contributed by atoms with Crippen LogP contribution in [0.4, 0.5) is 10.5 Å². The van der Waals surface area contributed by atoms with E-state index in [1.807, 2.05) is 39.0 Å². The Morgan fingerprint density at radius 3 is 2.55 bits per heavy atom. The fraction of sp³-hybridized carbons (Fsp3) is 0.429. The summed E-state index contributed by atoms with van der Waals surface area (Å²) in [6.45, 7) is 5.65. The number of carbonyl (C=O) groups excluding carboxylic acids is 1. The van der Waals surface area contributed by atoms with Gasteiger partial charge in [0.1, 0.15) is 0 Å². The number of carboxylic acid groups (broad SMARTS) is 1. The van der Waals surface area contributed by atoms with E-state index in [0.717, 1.165) is 10.0 Å². The van der Waals surface area contributed by atoms with E-state index in [-0.39, 0.29) is 12.5 Å². The molecule has 0 aliphatic heterocycles. The molecule has 0 fully saturated rings. The molecule has 0 aliphatic rings. The number of hydrogen-bond donors (Lipinski definition) is 3. The van der Waals surface area contributed by atoms with Gasteiger partial charge < -0.3 is 15.7 Å². The van der Waals surface area contributed by atoms with E-state index in [1.54, 1.807) is 0 Å². The minimum atomic E-state index is -0.906. The van der Waals surface area contributed by atoms with Gasteiger partial charge in [-0.05, 0) is 46.5 Å². The van der Waals surface area contributed by atoms with Gasteiger partial charge in [-0.25, -0.2) is 4.79 Å². The molecule has 20 heavy (non-hydrogen) atoms. The summed E-state index contributed by atoms with van der Waals surface area (Å²) in [6, 6.07) is 5.19. The van der Waals surface area contributed by atoms with E-state index < -0.39 is 17.9 Å². The van der Waals surface area contributed by atoms with E-state index >= 15 is 0 Å². The van der Waals surface area contributed by atoms with E-state index in [4.69, 9.17) is 5.11 Å². The number of nitrogens with one attached hydrogen (secondary N) is 2. The molecule has 1 unspecified atom stereocenters. The largest absolute Gasteiger partial charge is 0.481 e. The molecule has 0 heterocycles. The first-order chi connectivity index (χ1) is 9.31. The Kier molecular flexibility index (Phi) is 6.01. The lowest BCUT2D eigenvalue weighted by atomic mass is 9.96. The summed E-state index contributed by atoms with van der Waals surface area (Å²) in [7, 11) is 0. The van der Waals surface area contributed by atoms with Crippen molar-refractivity contribution in [1.29, 1.82) is 0 Å². The maximum atomic E-state index is 11.8. The summed E-state index contributed by atoms with van der Waals surface area (Å²) in [5.41, 5.74) is 1.67. The molecular weight excluding hydrogens is 324 g/mol. The quantitative estimate of drug-likeness (QED) is 0.768. The Hall–Kier alpha value is -1.56. The van der Waals surface area contributed by atoms with Crippen molar-refractivity contribution in [3.8, 4) is 0 Å². The van der Waals surface area contributed by atoms with Crippen LogP contribution >= 0.6 is 15.9 Å². The average molecular weight is 343 g/mol. The van der Waals surface area contributed by atoms with E-state index in [2.05, 4.69) is 26.6 Å². The molecule has 0 saturated carbocycles.